The number of aryl methyl sites for hydroxylation is 1. The fourth-order valence-corrected chi connectivity index (χ4v) is 4.75. The number of anilines is 2. The Kier molecular flexibility index (Phi) is 5.94. The summed E-state index contributed by atoms with van der Waals surface area (Å²) >= 11 is 1.42. The highest BCUT2D eigenvalue weighted by Crippen LogP contribution is 2.32. The summed E-state index contributed by atoms with van der Waals surface area (Å²) in [6.45, 7) is 0.642. The Balaban J connectivity index is 1.46. The summed E-state index contributed by atoms with van der Waals surface area (Å²) in [5, 5.41) is 7.41. The molecule has 1 aliphatic carbocycles. The van der Waals surface area contributed by atoms with Crippen molar-refractivity contribution in [3.8, 4) is 0 Å². The Morgan fingerprint density at radius 2 is 1.83 bits per heavy atom. The van der Waals surface area contributed by atoms with Crippen LogP contribution in [-0.2, 0) is 16.0 Å². The van der Waals surface area contributed by atoms with Crippen molar-refractivity contribution in [2.45, 2.75) is 51.0 Å². The number of rotatable bonds is 3. The molecule has 0 bridgehead atoms. The molecule has 1 aromatic heterocycles. The molecule has 2 heterocycles. The average Bonchev–Trinajstić information content (AvgIpc) is 3.28. The number of benzene rings is 1. The van der Waals surface area contributed by atoms with E-state index in [0.717, 1.165) is 49.8 Å². The maximum Gasteiger partial charge on any atom is 0.313 e. The zero-order chi connectivity index (χ0) is 20.2. The van der Waals surface area contributed by atoms with Gasteiger partial charge in [-0.2, -0.15) is 0 Å². The first kappa shape index (κ1) is 19.6. The maximum atomic E-state index is 12.9. The highest BCUT2D eigenvalue weighted by Gasteiger charge is 2.25. The molecule has 1 aromatic carbocycles. The van der Waals surface area contributed by atoms with E-state index in [-0.39, 0.29) is 11.9 Å². The lowest BCUT2D eigenvalue weighted by atomic mass is 9.95. The largest absolute Gasteiger partial charge is 0.345 e. The third kappa shape index (κ3) is 4.50. The van der Waals surface area contributed by atoms with E-state index in [4.69, 9.17) is 0 Å². The van der Waals surface area contributed by atoms with E-state index in [2.05, 4.69) is 10.6 Å². The monoisotopic (exact) mass is 411 g/mol. The summed E-state index contributed by atoms with van der Waals surface area (Å²) in [4.78, 5) is 39.9. The highest BCUT2D eigenvalue weighted by molar-refractivity contribution is 7.12. The van der Waals surface area contributed by atoms with Gasteiger partial charge in [-0.15, -0.1) is 11.3 Å². The van der Waals surface area contributed by atoms with Crippen LogP contribution in [0.2, 0.25) is 0 Å². The molecule has 6 nitrogen and oxygen atoms in total. The molecule has 1 fully saturated rings. The lowest BCUT2D eigenvalue weighted by Crippen LogP contribution is -2.42. The standard InChI is InChI=1S/C22H25N3O3S/c26-20(23-16-7-2-1-3-8-16)21(27)24-17-11-10-15-6-4-12-25(18(15)14-17)22(28)19-9-5-13-29-19/h5,9-11,13-14,16H,1-4,6-8,12H2,(H,23,26)(H,24,27). The van der Waals surface area contributed by atoms with Gasteiger partial charge in [0.1, 0.15) is 0 Å². The Labute approximate surface area is 174 Å². The van der Waals surface area contributed by atoms with Crippen LogP contribution in [0.5, 0.6) is 0 Å². The van der Waals surface area contributed by atoms with Gasteiger partial charge in [-0.25, -0.2) is 0 Å². The second-order valence-electron chi connectivity index (χ2n) is 7.64. The number of amides is 3. The summed E-state index contributed by atoms with van der Waals surface area (Å²) in [6, 6.07) is 9.30. The first-order chi connectivity index (χ1) is 14.1. The van der Waals surface area contributed by atoms with Gasteiger partial charge in [0, 0.05) is 24.0 Å². The summed E-state index contributed by atoms with van der Waals surface area (Å²) < 4.78 is 0. The van der Waals surface area contributed by atoms with E-state index in [0.29, 0.717) is 17.1 Å². The molecular weight excluding hydrogens is 386 g/mol. The van der Waals surface area contributed by atoms with Crippen LogP contribution in [0.25, 0.3) is 0 Å². The first-order valence-electron chi connectivity index (χ1n) is 10.2. The number of carbonyl (C=O) groups excluding carboxylic acids is 3. The second kappa shape index (κ2) is 8.78. The van der Waals surface area contributed by atoms with Gasteiger partial charge in [0.25, 0.3) is 5.91 Å². The zero-order valence-electron chi connectivity index (χ0n) is 16.3. The van der Waals surface area contributed by atoms with Gasteiger partial charge in [0.2, 0.25) is 0 Å². The number of hydrogen-bond donors (Lipinski definition) is 2. The van der Waals surface area contributed by atoms with Crippen molar-refractivity contribution in [2.24, 2.45) is 0 Å². The molecule has 7 heteroatoms. The number of nitrogens with zero attached hydrogens (tertiary/aromatic N) is 1. The lowest BCUT2D eigenvalue weighted by molar-refractivity contribution is -0.136. The minimum atomic E-state index is -0.664. The molecule has 1 saturated carbocycles. The molecule has 1 aliphatic heterocycles. The molecule has 3 amide bonds. The van der Waals surface area contributed by atoms with Gasteiger partial charge < -0.3 is 15.5 Å². The van der Waals surface area contributed by atoms with Gasteiger partial charge in [-0.3, -0.25) is 14.4 Å². The number of hydrogen-bond acceptors (Lipinski definition) is 4. The van der Waals surface area contributed by atoms with Crippen molar-refractivity contribution < 1.29 is 14.4 Å². The second-order valence-corrected chi connectivity index (χ2v) is 8.59. The first-order valence-corrected chi connectivity index (χ1v) is 11.1. The van der Waals surface area contributed by atoms with Crippen molar-refractivity contribution in [3.05, 3.63) is 46.2 Å². The van der Waals surface area contributed by atoms with E-state index in [1.807, 2.05) is 23.6 Å². The summed E-state index contributed by atoms with van der Waals surface area (Å²) in [7, 11) is 0. The number of fused-ring (bicyclic) bond motifs is 1. The van der Waals surface area contributed by atoms with Gasteiger partial charge in [0.05, 0.1) is 4.88 Å². The van der Waals surface area contributed by atoms with Crippen molar-refractivity contribution in [3.63, 3.8) is 0 Å². The molecule has 2 N–H and O–H groups in total. The third-order valence-corrected chi connectivity index (χ3v) is 6.44. The van der Waals surface area contributed by atoms with Gasteiger partial charge in [-0.05, 0) is 54.8 Å². The Morgan fingerprint density at radius 3 is 2.59 bits per heavy atom. The molecule has 0 unspecified atom stereocenters. The van der Waals surface area contributed by atoms with Gasteiger partial charge >= 0.3 is 11.8 Å². The Morgan fingerprint density at radius 1 is 1.00 bits per heavy atom. The van der Waals surface area contributed by atoms with E-state index in [1.54, 1.807) is 17.0 Å². The number of thiophene rings is 1. The molecular formula is C22H25N3O3S. The van der Waals surface area contributed by atoms with Crippen LogP contribution in [0, 0.1) is 0 Å². The van der Waals surface area contributed by atoms with Crippen molar-refractivity contribution in [2.75, 3.05) is 16.8 Å². The third-order valence-electron chi connectivity index (χ3n) is 5.59. The zero-order valence-corrected chi connectivity index (χ0v) is 17.1. The van der Waals surface area contributed by atoms with Crippen LogP contribution >= 0.6 is 11.3 Å². The molecule has 0 spiro atoms. The minimum Gasteiger partial charge on any atom is -0.345 e. The van der Waals surface area contributed by atoms with Crippen LogP contribution in [-0.4, -0.2) is 30.3 Å². The molecule has 2 aromatic rings. The lowest BCUT2D eigenvalue weighted by Gasteiger charge is -2.29. The summed E-state index contributed by atoms with van der Waals surface area (Å²) in [5.41, 5.74) is 2.41. The van der Waals surface area contributed by atoms with Crippen molar-refractivity contribution in [1.82, 2.24) is 5.32 Å². The van der Waals surface area contributed by atoms with Crippen LogP contribution in [0.4, 0.5) is 11.4 Å². The molecule has 0 radical (unpaired) electrons. The minimum absolute atomic E-state index is 0.0283. The van der Waals surface area contributed by atoms with Gasteiger partial charge in [0.15, 0.2) is 0 Å². The molecule has 29 heavy (non-hydrogen) atoms. The topological polar surface area (TPSA) is 78.5 Å². The van der Waals surface area contributed by atoms with Crippen LogP contribution in [0.15, 0.2) is 35.7 Å². The fraction of sp³-hybridized carbons (Fsp3) is 0.409. The quantitative estimate of drug-likeness (QED) is 0.756. The predicted octanol–water partition coefficient (Wildman–Crippen LogP) is 3.73. The van der Waals surface area contributed by atoms with Crippen LogP contribution < -0.4 is 15.5 Å². The maximum absolute atomic E-state index is 12.9. The van der Waals surface area contributed by atoms with E-state index >= 15 is 0 Å². The molecule has 4 rings (SSSR count). The normalized spacial score (nSPS) is 16.8. The van der Waals surface area contributed by atoms with Crippen molar-refractivity contribution in [1.29, 1.82) is 0 Å². The SMILES string of the molecule is O=C(Nc1ccc2c(c1)N(C(=O)c1cccs1)CCC2)C(=O)NC1CCCCC1. The summed E-state index contributed by atoms with van der Waals surface area (Å²) in [6.07, 6.45) is 7.01. The Hall–Kier alpha value is -2.67. The molecule has 0 saturated heterocycles. The summed E-state index contributed by atoms with van der Waals surface area (Å²) in [5.74, 6) is -1.29. The van der Waals surface area contributed by atoms with E-state index < -0.39 is 11.8 Å². The molecule has 2 aliphatic rings. The fourth-order valence-electron chi connectivity index (χ4n) is 4.08. The molecule has 0 atom stereocenters. The number of carbonyl (C=O) groups is 3. The Bertz CT molecular complexity index is 904. The highest BCUT2D eigenvalue weighted by atomic mass is 32.1. The van der Waals surface area contributed by atoms with Crippen LogP contribution in [0.1, 0.15) is 53.8 Å². The average molecular weight is 412 g/mol. The van der Waals surface area contributed by atoms with E-state index in [9.17, 15) is 14.4 Å². The number of nitrogens with one attached hydrogen (secondary N) is 2. The van der Waals surface area contributed by atoms with Crippen LogP contribution in [0.3, 0.4) is 0 Å². The van der Waals surface area contributed by atoms with Gasteiger partial charge in [-0.1, -0.05) is 31.4 Å². The smallest absolute Gasteiger partial charge is 0.313 e. The molecule has 152 valence electrons. The predicted molar refractivity (Wildman–Crippen MR) is 114 cm³/mol. The van der Waals surface area contributed by atoms with Crippen molar-refractivity contribution >= 4 is 40.4 Å². The van der Waals surface area contributed by atoms with E-state index in [1.165, 1.54) is 17.8 Å².